The van der Waals surface area contributed by atoms with Crippen LogP contribution >= 0.6 is 0 Å². The summed E-state index contributed by atoms with van der Waals surface area (Å²) >= 11 is 0. The normalized spacial score (nSPS) is 16.6. The van der Waals surface area contributed by atoms with Gasteiger partial charge in [0.05, 0.1) is 5.56 Å². The van der Waals surface area contributed by atoms with Gasteiger partial charge in [-0.1, -0.05) is 30.3 Å². The van der Waals surface area contributed by atoms with E-state index in [1.54, 1.807) is 58.9 Å². The number of aliphatic hydroxyl groups is 1. The molecule has 2 amide bonds. The first-order chi connectivity index (χ1) is 18.9. The van der Waals surface area contributed by atoms with E-state index in [-0.39, 0.29) is 17.5 Å². The Hall–Kier alpha value is -4.19. The number of aromatic nitrogens is 2. The van der Waals surface area contributed by atoms with Crippen LogP contribution in [0.3, 0.4) is 0 Å². The Morgan fingerprint density at radius 1 is 0.974 bits per heavy atom. The maximum absolute atomic E-state index is 14.6. The van der Waals surface area contributed by atoms with E-state index in [1.165, 1.54) is 18.5 Å². The number of carbonyl (C=O) groups is 2. The molecule has 1 aliphatic heterocycles. The first-order valence-corrected chi connectivity index (χ1v) is 12.7. The molecule has 1 saturated heterocycles. The van der Waals surface area contributed by atoms with Crippen LogP contribution in [0, 0.1) is 5.82 Å². The lowest BCUT2D eigenvalue weighted by molar-refractivity contribution is 0.0704. The van der Waals surface area contributed by atoms with Gasteiger partial charge < -0.3 is 14.9 Å². The fourth-order valence-electron chi connectivity index (χ4n) is 4.42. The molecule has 1 saturated carbocycles. The number of hydrogen-bond donors (Lipinski definition) is 4. The minimum Gasteiger partial charge on any atom is -0.374 e. The minimum absolute atomic E-state index is 0.106. The topological polar surface area (TPSA) is 131 Å². The van der Waals surface area contributed by atoms with Crippen LogP contribution < -0.4 is 15.7 Å². The Labute approximate surface area is 224 Å². The number of benzene rings is 2. The van der Waals surface area contributed by atoms with Gasteiger partial charge in [0.25, 0.3) is 11.8 Å². The van der Waals surface area contributed by atoms with Crippen LogP contribution in [0.5, 0.6) is 0 Å². The summed E-state index contributed by atoms with van der Waals surface area (Å²) in [5.41, 5.74) is 3.71. The smallest absolute Gasteiger partial charge is 0.277 e. The molecule has 2 aromatic carbocycles. The third-order valence-corrected chi connectivity index (χ3v) is 6.78. The number of hydrogen-bond acceptors (Lipinski definition) is 8. The summed E-state index contributed by atoms with van der Waals surface area (Å²) in [6, 6.07) is 13.6. The van der Waals surface area contributed by atoms with Gasteiger partial charge in [0.2, 0.25) is 5.95 Å². The van der Waals surface area contributed by atoms with Crippen molar-refractivity contribution in [1.82, 2.24) is 25.7 Å². The first-order valence-electron chi connectivity index (χ1n) is 12.7. The van der Waals surface area contributed by atoms with Gasteiger partial charge >= 0.3 is 0 Å². The minimum atomic E-state index is -1.01. The zero-order valence-corrected chi connectivity index (χ0v) is 21.1. The summed E-state index contributed by atoms with van der Waals surface area (Å²) in [5, 5.41) is 22.6. The Morgan fingerprint density at radius 2 is 1.64 bits per heavy atom. The predicted octanol–water partition coefficient (Wildman–Crippen LogP) is 2.31. The molecule has 1 aliphatic carbocycles. The fourth-order valence-corrected chi connectivity index (χ4v) is 4.42. The maximum atomic E-state index is 14.6. The molecule has 39 heavy (non-hydrogen) atoms. The number of carbonyl (C=O) groups excluding carboxylic acids is 2. The van der Waals surface area contributed by atoms with Crippen molar-refractivity contribution in [2.45, 2.75) is 25.1 Å². The molecule has 1 aromatic heterocycles. The SMILES string of the molecule is O=C(NO)c1cnc(N2CCN(C(=O)c3ccc(C=C(c4ccccc4F)C(O)NC4CC4)cc3)CC2)nc1. The number of anilines is 1. The average Bonchev–Trinajstić information content (AvgIpc) is 3.80. The van der Waals surface area contributed by atoms with Crippen molar-refractivity contribution in [2.75, 3.05) is 31.1 Å². The quantitative estimate of drug-likeness (QED) is 0.151. The van der Waals surface area contributed by atoms with Crippen LogP contribution in [-0.2, 0) is 0 Å². The maximum Gasteiger partial charge on any atom is 0.277 e. The van der Waals surface area contributed by atoms with Crippen molar-refractivity contribution in [3.05, 3.63) is 89.0 Å². The third-order valence-electron chi connectivity index (χ3n) is 6.78. The molecule has 1 atom stereocenters. The van der Waals surface area contributed by atoms with Crippen molar-refractivity contribution in [3.8, 4) is 0 Å². The highest BCUT2D eigenvalue weighted by Crippen LogP contribution is 2.27. The van der Waals surface area contributed by atoms with Crippen LogP contribution in [0.1, 0.15) is 44.7 Å². The number of amides is 2. The summed E-state index contributed by atoms with van der Waals surface area (Å²) in [7, 11) is 0. The van der Waals surface area contributed by atoms with Crippen LogP contribution in [0.15, 0.2) is 60.9 Å². The molecule has 0 radical (unpaired) electrons. The molecular weight excluding hydrogens is 503 g/mol. The molecule has 1 unspecified atom stereocenters. The molecule has 0 bridgehead atoms. The van der Waals surface area contributed by atoms with Crippen LogP contribution in [0.25, 0.3) is 11.6 Å². The highest BCUT2D eigenvalue weighted by atomic mass is 19.1. The highest BCUT2D eigenvalue weighted by molar-refractivity contribution is 5.95. The van der Waals surface area contributed by atoms with E-state index in [4.69, 9.17) is 5.21 Å². The second kappa shape index (κ2) is 11.7. The van der Waals surface area contributed by atoms with Crippen molar-refractivity contribution in [1.29, 1.82) is 0 Å². The van der Waals surface area contributed by atoms with Crippen molar-refractivity contribution in [3.63, 3.8) is 0 Å². The van der Waals surface area contributed by atoms with Crippen LogP contribution in [0.2, 0.25) is 0 Å². The molecule has 2 fully saturated rings. The first kappa shape index (κ1) is 26.4. The fraction of sp³-hybridized carbons (Fsp3) is 0.286. The van der Waals surface area contributed by atoms with Gasteiger partial charge in [-0.3, -0.25) is 20.1 Å². The molecule has 202 valence electrons. The monoisotopic (exact) mass is 532 g/mol. The summed E-state index contributed by atoms with van der Waals surface area (Å²) in [6.07, 6.45) is 5.35. The van der Waals surface area contributed by atoms with E-state index >= 15 is 0 Å². The lowest BCUT2D eigenvalue weighted by atomic mass is 9.99. The predicted molar refractivity (Wildman–Crippen MR) is 142 cm³/mol. The second-order valence-corrected chi connectivity index (χ2v) is 9.54. The van der Waals surface area contributed by atoms with E-state index in [9.17, 15) is 19.1 Å². The molecule has 10 nitrogen and oxygen atoms in total. The number of halogens is 1. The molecule has 3 aromatic rings. The van der Waals surface area contributed by atoms with Gasteiger partial charge in [-0.15, -0.1) is 0 Å². The summed E-state index contributed by atoms with van der Waals surface area (Å²) in [5.74, 6) is -0.765. The molecule has 11 heteroatoms. The lowest BCUT2D eigenvalue weighted by Gasteiger charge is -2.34. The number of piperazine rings is 1. The van der Waals surface area contributed by atoms with Gasteiger partial charge in [0.15, 0.2) is 0 Å². The number of nitrogens with one attached hydrogen (secondary N) is 2. The number of aliphatic hydroxyl groups excluding tert-OH is 1. The number of hydroxylamine groups is 1. The van der Waals surface area contributed by atoms with Gasteiger partial charge in [-0.05, 0) is 42.7 Å². The van der Waals surface area contributed by atoms with Crippen molar-refractivity contribution >= 4 is 29.4 Å². The lowest BCUT2D eigenvalue weighted by Crippen LogP contribution is -2.49. The van der Waals surface area contributed by atoms with Gasteiger partial charge in [0, 0.05) is 61.3 Å². The van der Waals surface area contributed by atoms with Crippen molar-refractivity contribution in [2.24, 2.45) is 0 Å². The largest absolute Gasteiger partial charge is 0.374 e. The summed E-state index contributed by atoms with van der Waals surface area (Å²) < 4.78 is 14.6. The molecule has 0 spiro atoms. The number of nitrogens with zero attached hydrogens (tertiary/aromatic N) is 4. The Morgan fingerprint density at radius 3 is 2.26 bits per heavy atom. The molecule has 4 N–H and O–H groups in total. The van der Waals surface area contributed by atoms with Gasteiger partial charge in [0.1, 0.15) is 12.0 Å². The highest BCUT2D eigenvalue weighted by Gasteiger charge is 2.27. The Balaban J connectivity index is 1.24. The molecule has 5 rings (SSSR count). The van der Waals surface area contributed by atoms with Gasteiger partial charge in [-0.25, -0.2) is 19.8 Å². The standard InChI is InChI=1S/C28H29FN6O4/c29-24-4-2-1-3-22(24)23(26(37)32-21-9-10-21)15-18-5-7-19(8-6-18)27(38)34-11-13-35(14-12-34)28-30-16-20(17-31-28)25(36)33-39/h1-8,15-17,21,26,32,37,39H,9-14H2,(H,33,36). The van der Waals surface area contributed by atoms with E-state index in [2.05, 4.69) is 15.3 Å². The number of rotatable bonds is 8. The summed E-state index contributed by atoms with van der Waals surface area (Å²) in [6.45, 7) is 1.99. The Bertz CT molecular complexity index is 1350. The van der Waals surface area contributed by atoms with Crippen molar-refractivity contribution < 1.29 is 24.3 Å². The van der Waals surface area contributed by atoms with E-state index < -0.39 is 18.0 Å². The van der Waals surface area contributed by atoms with E-state index in [1.807, 2.05) is 4.90 Å². The van der Waals surface area contributed by atoms with Gasteiger partial charge in [-0.2, -0.15) is 0 Å². The Kier molecular flexibility index (Phi) is 7.92. The van der Waals surface area contributed by atoms with E-state index in [0.717, 1.165) is 18.4 Å². The zero-order valence-electron chi connectivity index (χ0n) is 21.1. The molecule has 2 aliphatic rings. The third kappa shape index (κ3) is 6.28. The molecular formula is C28H29FN6O4. The van der Waals surface area contributed by atoms with Crippen LogP contribution in [-0.4, -0.2) is 75.4 Å². The summed E-state index contributed by atoms with van der Waals surface area (Å²) in [4.78, 5) is 36.6. The molecule has 2 heterocycles. The zero-order chi connectivity index (χ0) is 27.4. The van der Waals surface area contributed by atoms with Crippen LogP contribution in [0.4, 0.5) is 10.3 Å². The van der Waals surface area contributed by atoms with E-state index in [0.29, 0.717) is 48.8 Å². The average molecular weight is 533 g/mol. The second-order valence-electron chi connectivity index (χ2n) is 9.54.